The first-order chi connectivity index (χ1) is 13.3. The predicted octanol–water partition coefficient (Wildman–Crippen LogP) is 4.79. The Balaban J connectivity index is 1.76. The Hall–Kier alpha value is -1.57. The standard InChI is InChI=1S/C20H24ClN3O2S2/c1-13-9-15(12-22-23-19(25)11-20(3)27-7-8-28-20)14(2)24(13)17-10-16(21)5-6-18(17)26-4/h5-6,9-10,12H,7-8,11H2,1-4H3,(H,23,25)/b22-12-. The molecule has 0 bridgehead atoms. The normalized spacial score (nSPS) is 15.9. The number of hydrogen-bond donors (Lipinski definition) is 1. The number of benzene rings is 1. The van der Waals surface area contributed by atoms with Gasteiger partial charge >= 0.3 is 0 Å². The first-order valence-corrected chi connectivity index (χ1v) is 11.3. The first kappa shape index (κ1) is 21.1. The fourth-order valence-electron chi connectivity index (χ4n) is 3.29. The van der Waals surface area contributed by atoms with Crippen LogP contribution in [0.5, 0.6) is 5.75 Å². The third kappa shape index (κ3) is 4.70. The molecule has 1 aromatic heterocycles. The average molecular weight is 438 g/mol. The molecule has 5 nitrogen and oxygen atoms in total. The Labute approximate surface area is 179 Å². The summed E-state index contributed by atoms with van der Waals surface area (Å²) in [5.41, 5.74) is 6.47. The Morgan fingerprint density at radius 2 is 2.07 bits per heavy atom. The van der Waals surface area contributed by atoms with Crippen LogP contribution in [-0.4, -0.2) is 39.4 Å². The SMILES string of the molecule is COc1ccc(Cl)cc1-n1c(C)cc(/C=N\NC(=O)CC2(C)SCCS2)c1C. The van der Waals surface area contributed by atoms with Gasteiger partial charge in [-0.25, -0.2) is 5.43 Å². The van der Waals surface area contributed by atoms with Crippen molar-refractivity contribution in [2.75, 3.05) is 18.6 Å². The lowest BCUT2D eigenvalue weighted by Crippen LogP contribution is -2.26. The molecule has 2 heterocycles. The van der Waals surface area contributed by atoms with Crippen LogP contribution >= 0.6 is 35.1 Å². The molecule has 0 spiro atoms. The number of carbonyl (C=O) groups excluding carboxylic acids is 1. The molecule has 0 saturated carbocycles. The van der Waals surface area contributed by atoms with Gasteiger partial charge in [-0.3, -0.25) is 4.79 Å². The maximum absolute atomic E-state index is 12.2. The summed E-state index contributed by atoms with van der Waals surface area (Å²) in [5, 5.41) is 4.81. The Morgan fingerprint density at radius 1 is 1.36 bits per heavy atom. The molecule has 150 valence electrons. The van der Waals surface area contributed by atoms with E-state index in [0.717, 1.165) is 39.9 Å². The van der Waals surface area contributed by atoms with Gasteiger partial charge in [-0.15, -0.1) is 23.5 Å². The molecule has 0 atom stereocenters. The maximum atomic E-state index is 12.2. The number of hydrazone groups is 1. The fraction of sp³-hybridized carbons (Fsp3) is 0.400. The number of rotatable bonds is 6. The molecule has 1 N–H and O–H groups in total. The van der Waals surface area contributed by atoms with Crippen molar-refractivity contribution in [1.82, 2.24) is 9.99 Å². The molecule has 1 fully saturated rings. The molecular formula is C20H24ClN3O2S2. The summed E-state index contributed by atoms with van der Waals surface area (Å²) in [6, 6.07) is 7.55. The van der Waals surface area contributed by atoms with Crippen LogP contribution in [-0.2, 0) is 4.79 Å². The van der Waals surface area contributed by atoms with Crippen molar-refractivity contribution in [1.29, 1.82) is 0 Å². The zero-order valence-corrected chi connectivity index (χ0v) is 18.8. The van der Waals surface area contributed by atoms with Gasteiger partial charge in [0.1, 0.15) is 5.75 Å². The molecule has 0 unspecified atom stereocenters. The van der Waals surface area contributed by atoms with E-state index < -0.39 is 0 Å². The van der Waals surface area contributed by atoms with E-state index in [1.54, 1.807) is 19.4 Å². The van der Waals surface area contributed by atoms with E-state index in [0.29, 0.717) is 11.4 Å². The quantitative estimate of drug-likeness (QED) is 0.521. The third-order valence-electron chi connectivity index (χ3n) is 4.62. The molecule has 1 aromatic carbocycles. The van der Waals surface area contributed by atoms with E-state index >= 15 is 0 Å². The number of amides is 1. The second-order valence-electron chi connectivity index (χ2n) is 6.78. The highest BCUT2D eigenvalue weighted by atomic mass is 35.5. The number of carbonyl (C=O) groups is 1. The lowest BCUT2D eigenvalue weighted by Gasteiger charge is -2.19. The number of aromatic nitrogens is 1. The molecule has 3 rings (SSSR count). The number of methoxy groups -OCH3 is 1. The summed E-state index contributed by atoms with van der Waals surface area (Å²) in [5.74, 6) is 2.86. The molecule has 8 heteroatoms. The smallest absolute Gasteiger partial charge is 0.242 e. The van der Waals surface area contributed by atoms with Crippen LogP contribution in [0.3, 0.4) is 0 Å². The van der Waals surface area contributed by atoms with Crippen LogP contribution in [0.15, 0.2) is 29.4 Å². The van der Waals surface area contributed by atoms with Crippen LogP contribution in [0.1, 0.15) is 30.3 Å². The Bertz CT molecular complexity index is 905. The minimum Gasteiger partial charge on any atom is -0.495 e. The number of aryl methyl sites for hydroxylation is 1. The first-order valence-electron chi connectivity index (χ1n) is 8.95. The second-order valence-corrected chi connectivity index (χ2v) is 10.7. The van der Waals surface area contributed by atoms with Crippen molar-refractivity contribution in [3.63, 3.8) is 0 Å². The van der Waals surface area contributed by atoms with E-state index in [1.807, 2.05) is 55.6 Å². The number of nitrogens with zero attached hydrogens (tertiary/aromatic N) is 2. The monoisotopic (exact) mass is 437 g/mol. The van der Waals surface area contributed by atoms with Crippen molar-refractivity contribution in [3.8, 4) is 11.4 Å². The van der Waals surface area contributed by atoms with Gasteiger partial charge in [0.2, 0.25) is 5.91 Å². The van der Waals surface area contributed by atoms with E-state index in [4.69, 9.17) is 16.3 Å². The summed E-state index contributed by atoms with van der Waals surface area (Å²) in [4.78, 5) is 12.2. The molecule has 1 aliphatic rings. The number of thioether (sulfide) groups is 2. The van der Waals surface area contributed by atoms with Crippen molar-refractivity contribution in [2.24, 2.45) is 5.10 Å². The van der Waals surface area contributed by atoms with Gasteiger partial charge in [0.05, 0.1) is 29.5 Å². The van der Waals surface area contributed by atoms with Crippen LogP contribution in [0.4, 0.5) is 0 Å². The van der Waals surface area contributed by atoms with Crippen LogP contribution in [0.25, 0.3) is 5.69 Å². The maximum Gasteiger partial charge on any atom is 0.242 e. The van der Waals surface area contributed by atoms with E-state index in [-0.39, 0.29) is 9.99 Å². The van der Waals surface area contributed by atoms with Crippen LogP contribution < -0.4 is 10.2 Å². The topological polar surface area (TPSA) is 55.6 Å². The predicted molar refractivity (Wildman–Crippen MR) is 120 cm³/mol. The van der Waals surface area contributed by atoms with E-state index in [1.165, 1.54) is 0 Å². The van der Waals surface area contributed by atoms with Crippen LogP contribution in [0, 0.1) is 13.8 Å². The van der Waals surface area contributed by atoms with E-state index in [9.17, 15) is 4.79 Å². The molecule has 1 saturated heterocycles. The van der Waals surface area contributed by atoms with Gasteiger partial charge in [0, 0.05) is 33.5 Å². The summed E-state index contributed by atoms with van der Waals surface area (Å²) < 4.78 is 7.51. The zero-order valence-electron chi connectivity index (χ0n) is 16.4. The minimum atomic E-state index is -0.0639. The van der Waals surface area contributed by atoms with Gasteiger partial charge in [-0.05, 0) is 45.0 Å². The molecular weight excluding hydrogens is 414 g/mol. The summed E-state index contributed by atoms with van der Waals surface area (Å²) in [6.45, 7) is 6.13. The Morgan fingerprint density at radius 3 is 2.75 bits per heavy atom. The summed E-state index contributed by atoms with van der Waals surface area (Å²) in [6.07, 6.45) is 2.14. The number of nitrogens with one attached hydrogen (secondary N) is 1. The third-order valence-corrected chi connectivity index (χ3v) is 8.15. The average Bonchev–Trinajstić information content (AvgIpc) is 3.18. The Kier molecular flexibility index (Phi) is 6.68. The highest BCUT2D eigenvalue weighted by Gasteiger charge is 2.32. The molecule has 28 heavy (non-hydrogen) atoms. The van der Waals surface area contributed by atoms with Gasteiger partial charge in [0.25, 0.3) is 0 Å². The second kappa shape index (κ2) is 8.84. The molecule has 0 radical (unpaired) electrons. The molecule has 1 amide bonds. The number of halogens is 1. The fourth-order valence-corrected chi connectivity index (χ4v) is 6.29. The highest BCUT2D eigenvalue weighted by molar-refractivity contribution is 8.21. The van der Waals surface area contributed by atoms with Gasteiger partial charge < -0.3 is 9.30 Å². The van der Waals surface area contributed by atoms with Crippen molar-refractivity contribution >= 4 is 47.2 Å². The lowest BCUT2D eigenvalue weighted by atomic mass is 10.2. The van der Waals surface area contributed by atoms with Gasteiger partial charge in [0.15, 0.2) is 0 Å². The lowest BCUT2D eigenvalue weighted by molar-refractivity contribution is -0.121. The van der Waals surface area contributed by atoms with Crippen molar-refractivity contribution in [3.05, 3.63) is 46.2 Å². The molecule has 0 aliphatic carbocycles. The minimum absolute atomic E-state index is 0.0431. The highest BCUT2D eigenvalue weighted by Crippen LogP contribution is 2.45. The molecule has 2 aromatic rings. The van der Waals surface area contributed by atoms with Gasteiger partial charge in [-0.1, -0.05) is 11.6 Å². The summed E-state index contributed by atoms with van der Waals surface area (Å²) >= 11 is 9.86. The summed E-state index contributed by atoms with van der Waals surface area (Å²) in [7, 11) is 1.64. The van der Waals surface area contributed by atoms with Crippen molar-refractivity contribution in [2.45, 2.75) is 31.3 Å². The molecule has 1 aliphatic heterocycles. The van der Waals surface area contributed by atoms with Crippen LogP contribution in [0.2, 0.25) is 5.02 Å². The largest absolute Gasteiger partial charge is 0.495 e. The number of hydrogen-bond acceptors (Lipinski definition) is 5. The van der Waals surface area contributed by atoms with E-state index in [2.05, 4.69) is 22.0 Å². The zero-order chi connectivity index (χ0) is 20.3. The number of ether oxygens (including phenoxy) is 1. The van der Waals surface area contributed by atoms with Crippen molar-refractivity contribution < 1.29 is 9.53 Å². The van der Waals surface area contributed by atoms with Gasteiger partial charge in [-0.2, -0.15) is 5.10 Å².